The van der Waals surface area contributed by atoms with Gasteiger partial charge in [0, 0.05) is 19.2 Å². The first-order chi connectivity index (χ1) is 5.86. The van der Waals surface area contributed by atoms with Crippen molar-refractivity contribution in [3.8, 4) is 12.3 Å². The molecule has 0 saturated heterocycles. The van der Waals surface area contributed by atoms with Crippen LogP contribution in [0.15, 0.2) is 12.5 Å². The van der Waals surface area contributed by atoms with E-state index < -0.39 is 0 Å². The molecule has 1 rings (SSSR count). The van der Waals surface area contributed by atoms with E-state index in [1.165, 1.54) is 0 Å². The number of rotatable bonds is 4. The molecule has 1 aromatic heterocycles. The van der Waals surface area contributed by atoms with Gasteiger partial charge in [0.2, 0.25) is 0 Å². The number of aldehydes is 1. The molecule has 3 heteroatoms. The number of nitrogens with zero attached hydrogens (tertiary/aromatic N) is 2. The van der Waals surface area contributed by atoms with Crippen LogP contribution in [0.25, 0.3) is 0 Å². The van der Waals surface area contributed by atoms with Crippen LogP contribution >= 0.6 is 0 Å². The van der Waals surface area contributed by atoms with Crippen molar-refractivity contribution in [2.24, 2.45) is 0 Å². The second-order valence-electron chi connectivity index (χ2n) is 2.46. The van der Waals surface area contributed by atoms with Crippen molar-refractivity contribution < 1.29 is 4.79 Å². The Kier molecular flexibility index (Phi) is 3.09. The largest absolute Gasteiger partial charge is 0.337 e. The number of hydrogen-bond donors (Lipinski definition) is 0. The molecule has 62 valence electrons. The van der Waals surface area contributed by atoms with E-state index in [9.17, 15) is 4.79 Å². The Bertz CT molecular complexity index is 296. The Morgan fingerprint density at radius 2 is 2.58 bits per heavy atom. The van der Waals surface area contributed by atoms with Crippen LogP contribution in [-0.4, -0.2) is 15.8 Å². The summed E-state index contributed by atoms with van der Waals surface area (Å²) in [4.78, 5) is 14.1. The number of carbonyl (C=O) groups is 1. The quantitative estimate of drug-likeness (QED) is 0.377. The zero-order chi connectivity index (χ0) is 8.81. The van der Waals surface area contributed by atoms with Gasteiger partial charge in [0.1, 0.15) is 5.69 Å². The molecule has 0 unspecified atom stereocenters. The summed E-state index contributed by atoms with van der Waals surface area (Å²) in [6.07, 6.45) is 10.9. The molecule has 0 amide bonds. The molecule has 0 aromatic carbocycles. The summed E-state index contributed by atoms with van der Waals surface area (Å²) in [5.41, 5.74) is 0.468. The van der Waals surface area contributed by atoms with Crippen LogP contribution in [0.1, 0.15) is 23.3 Å². The minimum absolute atomic E-state index is 0.468. The van der Waals surface area contributed by atoms with Crippen molar-refractivity contribution in [3.05, 3.63) is 18.2 Å². The lowest BCUT2D eigenvalue weighted by Crippen LogP contribution is -1.93. The van der Waals surface area contributed by atoms with E-state index in [1.807, 2.05) is 4.57 Å². The van der Waals surface area contributed by atoms with Gasteiger partial charge in [0.25, 0.3) is 0 Å². The van der Waals surface area contributed by atoms with Crippen LogP contribution in [0, 0.1) is 12.3 Å². The highest BCUT2D eigenvalue weighted by Gasteiger charge is 1.94. The molecule has 3 nitrogen and oxygen atoms in total. The number of carbonyl (C=O) groups excluding carboxylic acids is 1. The van der Waals surface area contributed by atoms with Crippen molar-refractivity contribution in [2.45, 2.75) is 19.4 Å². The maximum atomic E-state index is 10.2. The molecular weight excluding hydrogens is 152 g/mol. The highest BCUT2D eigenvalue weighted by molar-refractivity contribution is 5.70. The first-order valence-electron chi connectivity index (χ1n) is 3.77. The van der Waals surface area contributed by atoms with Gasteiger partial charge in [-0.3, -0.25) is 4.79 Å². The Balaban J connectivity index is 2.42. The van der Waals surface area contributed by atoms with Crippen LogP contribution in [0.2, 0.25) is 0 Å². The fourth-order valence-corrected chi connectivity index (χ4v) is 0.924. The van der Waals surface area contributed by atoms with Crippen molar-refractivity contribution in [1.82, 2.24) is 9.55 Å². The van der Waals surface area contributed by atoms with Gasteiger partial charge in [-0.05, 0) is 6.42 Å². The average molecular weight is 162 g/mol. The zero-order valence-electron chi connectivity index (χ0n) is 6.73. The molecule has 0 N–H and O–H groups in total. The lowest BCUT2D eigenvalue weighted by Gasteiger charge is -1.96. The number of unbranched alkanes of at least 4 members (excludes halogenated alkanes) is 1. The smallest absolute Gasteiger partial charge is 0.169 e. The summed E-state index contributed by atoms with van der Waals surface area (Å²) in [5, 5.41) is 0. The fraction of sp³-hybridized carbons (Fsp3) is 0.333. The molecule has 12 heavy (non-hydrogen) atoms. The van der Waals surface area contributed by atoms with E-state index in [0.717, 1.165) is 25.7 Å². The second kappa shape index (κ2) is 4.35. The second-order valence-corrected chi connectivity index (χ2v) is 2.46. The van der Waals surface area contributed by atoms with Crippen LogP contribution < -0.4 is 0 Å². The van der Waals surface area contributed by atoms with Gasteiger partial charge in [-0.15, -0.1) is 12.3 Å². The Morgan fingerprint density at radius 1 is 1.75 bits per heavy atom. The zero-order valence-corrected chi connectivity index (χ0v) is 6.73. The van der Waals surface area contributed by atoms with Gasteiger partial charge in [-0.25, -0.2) is 4.98 Å². The van der Waals surface area contributed by atoms with E-state index in [1.54, 1.807) is 12.5 Å². The normalized spacial score (nSPS) is 9.25. The maximum Gasteiger partial charge on any atom is 0.169 e. The highest BCUT2D eigenvalue weighted by Crippen LogP contribution is 1.96. The Morgan fingerprint density at radius 3 is 3.17 bits per heavy atom. The van der Waals surface area contributed by atoms with E-state index in [-0.39, 0.29) is 0 Å². The van der Waals surface area contributed by atoms with Crippen molar-refractivity contribution in [2.75, 3.05) is 0 Å². The van der Waals surface area contributed by atoms with Gasteiger partial charge in [0.05, 0.1) is 6.33 Å². The topological polar surface area (TPSA) is 34.9 Å². The van der Waals surface area contributed by atoms with Crippen LogP contribution in [0.4, 0.5) is 0 Å². The number of hydrogen-bond acceptors (Lipinski definition) is 2. The number of imidazole rings is 1. The maximum absolute atomic E-state index is 10.2. The van der Waals surface area contributed by atoms with Gasteiger partial charge in [-0.1, -0.05) is 0 Å². The van der Waals surface area contributed by atoms with Crippen LogP contribution in [-0.2, 0) is 6.54 Å². The fourth-order valence-electron chi connectivity index (χ4n) is 0.924. The number of aryl methyl sites for hydroxylation is 1. The third kappa shape index (κ3) is 2.24. The lowest BCUT2D eigenvalue weighted by atomic mass is 10.3. The van der Waals surface area contributed by atoms with Gasteiger partial charge in [-0.2, -0.15) is 0 Å². The van der Waals surface area contributed by atoms with Crippen molar-refractivity contribution >= 4 is 6.29 Å². The molecular formula is C9H10N2O. The van der Waals surface area contributed by atoms with Crippen LogP contribution in [0.3, 0.4) is 0 Å². The summed E-state index contributed by atoms with van der Waals surface area (Å²) >= 11 is 0. The Labute approximate surface area is 71.4 Å². The molecule has 0 aliphatic carbocycles. The summed E-state index contributed by atoms with van der Waals surface area (Å²) in [5.74, 6) is 2.56. The average Bonchev–Trinajstić information content (AvgIpc) is 2.53. The van der Waals surface area contributed by atoms with E-state index in [4.69, 9.17) is 6.42 Å². The summed E-state index contributed by atoms with van der Waals surface area (Å²) in [6.45, 7) is 0.824. The predicted octanol–water partition coefficient (Wildman–Crippen LogP) is 1.11. The van der Waals surface area contributed by atoms with E-state index in [0.29, 0.717) is 5.69 Å². The standard InChI is InChI=1S/C9H10N2O/c1-2-3-4-5-11-6-9(7-12)10-8-11/h1,6-8H,3-5H2. The van der Waals surface area contributed by atoms with Crippen molar-refractivity contribution in [1.29, 1.82) is 0 Å². The molecule has 0 bridgehead atoms. The lowest BCUT2D eigenvalue weighted by molar-refractivity contribution is 0.111. The molecule has 0 radical (unpaired) electrons. The number of terminal acetylenes is 1. The van der Waals surface area contributed by atoms with Crippen LogP contribution in [0.5, 0.6) is 0 Å². The minimum Gasteiger partial charge on any atom is -0.337 e. The van der Waals surface area contributed by atoms with E-state index >= 15 is 0 Å². The molecule has 0 fully saturated rings. The van der Waals surface area contributed by atoms with Gasteiger partial charge >= 0.3 is 0 Å². The SMILES string of the molecule is C#CCCCn1cnc(C=O)c1. The first kappa shape index (κ1) is 8.54. The van der Waals surface area contributed by atoms with Gasteiger partial charge in [0.15, 0.2) is 6.29 Å². The van der Waals surface area contributed by atoms with Gasteiger partial charge < -0.3 is 4.57 Å². The molecule has 1 aromatic rings. The highest BCUT2D eigenvalue weighted by atomic mass is 16.1. The minimum atomic E-state index is 0.468. The monoisotopic (exact) mass is 162 g/mol. The molecule has 0 saturated carbocycles. The predicted molar refractivity (Wildman–Crippen MR) is 45.7 cm³/mol. The summed E-state index contributed by atoms with van der Waals surface area (Å²) < 4.78 is 1.86. The molecule has 1 heterocycles. The molecule has 0 aliphatic rings. The summed E-state index contributed by atoms with van der Waals surface area (Å²) in [7, 11) is 0. The molecule has 0 spiro atoms. The first-order valence-corrected chi connectivity index (χ1v) is 3.77. The number of aromatic nitrogens is 2. The van der Waals surface area contributed by atoms with E-state index in [2.05, 4.69) is 10.9 Å². The molecule has 0 aliphatic heterocycles. The van der Waals surface area contributed by atoms with Crippen molar-refractivity contribution in [3.63, 3.8) is 0 Å². The third-order valence-corrected chi connectivity index (χ3v) is 1.51. The molecule has 0 atom stereocenters. The summed E-state index contributed by atoms with van der Waals surface area (Å²) in [6, 6.07) is 0. The Hall–Kier alpha value is -1.56. The third-order valence-electron chi connectivity index (χ3n) is 1.51.